The molecule has 4 heteroatoms. The van der Waals surface area contributed by atoms with Gasteiger partial charge in [-0.15, -0.1) is 0 Å². The van der Waals surface area contributed by atoms with E-state index in [9.17, 15) is 0 Å². The molecule has 3 rings (SSSR count). The van der Waals surface area contributed by atoms with Gasteiger partial charge in [0, 0.05) is 18.1 Å². The number of aryl methyl sites for hydroxylation is 1. The number of benzene rings is 1. The van der Waals surface area contributed by atoms with Gasteiger partial charge >= 0.3 is 0 Å². The fraction of sp³-hybridized carbons (Fsp3) is 0.143. The summed E-state index contributed by atoms with van der Waals surface area (Å²) < 4.78 is 0. The van der Waals surface area contributed by atoms with Gasteiger partial charge in [0.2, 0.25) is 5.95 Å². The molecule has 0 aliphatic rings. The number of hydrogen-bond donors (Lipinski definition) is 2. The molecule has 0 aliphatic heterocycles. The molecular weight excluding hydrogens is 224 g/mol. The van der Waals surface area contributed by atoms with Gasteiger partial charge in [0.05, 0.1) is 5.69 Å². The molecule has 3 aromatic rings. The second-order valence-electron chi connectivity index (χ2n) is 4.21. The van der Waals surface area contributed by atoms with Gasteiger partial charge in [-0.05, 0) is 18.6 Å². The van der Waals surface area contributed by atoms with Crippen molar-refractivity contribution < 1.29 is 0 Å². The fourth-order valence-corrected chi connectivity index (χ4v) is 1.95. The van der Waals surface area contributed by atoms with Gasteiger partial charge in [-0.3, -0.25) is 0 Å². The number of hydrogen-bond acceptors (Lipinski definition) is 3. The molecule has 0 saturated carbocycles. The maximum Gasteiger partial charge on any atom is 0.225 e. The number of nitrogens with one attached hydrogen (secondary N) is 2. The molecule has 0 amide bonds. The first-order chi connectivity index (χ1) is 8.83. The van der Waals surface area contributed by atoms with Crippen LogP contribution in [0.15, 0.2) is 42.6 Å². The van der Waals surface area contributed by atoms with Gasteiger partial charge in [0.15, 0.2) is 0 Å². The number of aromatic nitrogens is 3. The lowest BCUT2D eigenvalue weighted by molar-refractivity contribution is 1.05. The van der Waals surface area contributed by atoms with Crippen LogP contribution in [0.2, 0.25) is 0 Å². The van der Waals surface area contributed by atoms with Crippen molar-refractivity contribution in [3.63, 3.8) is 0 Å². The van der Waals surface area contributed by atoms with E-state index in [0.29, 0.717) is 5.95 Å². The summed E-state index contributed by atoms with van der Waals surface area (Å²) in [6.45, 7) is 2.72. The Kier molecular flexibility index (Phi) is 2.68. The SMILES string of the molecule is Cc1nc(NCc2ccccc2)nc2[nH]ccc12. The quantitative estimate of drug-likeness (QED) is 0.737. The molecule has 0 bridgehead atoms. The van der Waals surface area contributed by atoms with E-state index in [-0.39, 0.29) is 0 Å². The zero-order valence-corrected chi connectivity index (χ0v) is 10.1. The monoisotopic (exact) mass is 238 g/mol. The molecule has 0 radical (unpaired) electrons. The normalized spacial score (nSPS) is 10.7. The highest BCUT2D eigenvalue weighted by Gasteiger charge is 2.04. The minimum Gasteiger partial charge on any atom is -0.350 e. The summed E-state index contributed by atoms with van der Waals surface area (Å²) in [5.41, 5.74) is 3.07. The molecular formula is C14H14N4. The zero-order valence-electron chi connectivity index (χ0n) is 10.1. The number of H-pyrrole nitrogens is 1. The Balaban J connectivity index is 1.82. The fourth-order valence-electron chi connectivity index (χ4n) is 1.95. The number of aromatic amines is 1. The van der Waals surface area contributed by atoms with Crippen LogP contribution >= 0.6 is 0 Å². The van der Waals surface area contributed by atoms with Gasteiger partial charge in [0.25, 0.3) is 0 Å². The highest BCUT2D eigenvalue weighted by atomic mass is 15.1. The molecule has 0 saturated heterocycles. The third kappa shape index (κ3) is 2.05. The van der Waals surface area contributed by atoms with Gasteiger partial charge < -0.3 is 10.3 Å². The molecule has 4 nitrogen and oxygen atoms in total. The van der Waals surface area contributed by atoms with Gasteiger partial charge in [-0.2, -0.15) is 4.98 Å². The van der Waals surface area contributed by atoms with Crippen LogP contribution in [0.5, 0.6) is 0 Å². The molecule has 0 aliphatic carbocycles. The van der Waals surface area contributed by atoms with Crippen molar-refractivity contribution in [1.29, 1.82) is 0 Å². The lowest BCUT2D eigenvalue weighted by atomic mass is 10.2. The van der Waals surface area contributed by atoms with Crippen LogP contribution in [0.4, 0.5) is 5.95 Å². The second kappa shape index (κ2) is 4.49. The molecule has 2 aromatic heterocycles. The van der Waals surface area contributed by atoms with Gasteiger partial charge in [0.1, 0.15) is 5.65 Å². The smallest absolute Gasteiger partial charge is 0.225 e. The lowest BCUT2D eigenvalue weighted by Gasteiger charge is -2.06. The summed E-state index contributed by atoms with van der Waals surface area (Å²) in [5, 5.41) is 4.31. The maximum absolute atomic E-state index is 4.45. The second-order valence-corrected chi connectivity index (χ2v) is 4.21. The summed E-state index contributed by atoms with van der Waals surface area (Å²) in [6, 6.07) is 12.2. The van der Waals surface area contributed by atoms with Crippen LogP contribution in [-0.4, -0.2) is 15.0 Å². The van der Waals surface area contributed by atoms with E-state index in [0.717, 1.165) is 23.3 Å². The summed E-state index contributed by atoms with van der Waals surface area (Å²) in [4.78, 5) is 12.0. The Labute approximate surface area is 105 Å². The predicted octanol–water partition coefficient (Wildman–Crippen LogP) is 2.88. The summed E-state index contributed by atoms with van der Waals surface area (Å²) >= 11 is 0. The Bertz CT molecular complexity index is 658. The van der Waals surface area contributed by atoms with Crippen molar-refractivity contribution in [2.75, 3.05) is 5.32 Å². The van der Waals surface area contributed by atoms with Crippen LogP contribution < -0.4 is 5.32 Å². The zero-order chi connectivity index (χ0) is 12.4. The third-order valence-corrected chi connectivity index (χ3v) is 2.90. The van der Waals surface area contributed by atoms with Crippen molar-refractivity contribution in [3.8, 4) is 0 Å². The van der Waals surface area contributed by atoms with E-state index < -0.39 is 0 Å². The summed E-state index contributed by atoms with van der Waals surface area (Å²) in [7, 11) is 0. The van der Waals surface area contributed by atoms with Gasteiger partial charge in [-0.25, -0.2) is 4.98 Å². The largest absolute Gasteiger partial charge is 0.350 e. The van der Waals surface area contributed by atoms with E-state index in [4.69, 9.17) is 0 Å². The maximum atomic E-state index is 4.45. The molecule has 90 valence electrons. The minimum atomic E-state index is 0.659. The van der Waals surface area contributed by atoms with Crippen LogP contribution in [0, 0.1) is 6.92 Å². The minimum absolute atomic E-state index is 0.659. The summed E-state index contributed by atoms with van der Waals surface area (Å²) in [6.07, 6.45) is 1.88. The highest BCUT2D eigenvalue weighted by Crippen LogP contribution is 2.15. The number of rotatable bonds is 3. The molecule has 1 aromatic carbocycles. The average molecular weight is 238 g/mol. The predicted molar refractivity (Wildman–Crippen MR) is 72.4 cm³/mol. The van der Waals surface area contributed by atoms with E-state index in [1.54, 1.807) is 0 Å². The molecule has 0 fully saturated rings. The van der Waals surface area contributed by atoms with Crippen LogP contribution in [0.1, 0.15) is 11.3 Å². The van der Waals surface area contributed by atoms with Crippen molar-refractivity contribution >= 4 is 17.0 Å². The Morgan fingerprint density at radius 3 is 2.78 bits per heavy atom. The number of fused-ring (bicyclic) bond motifs is 1. The third-order valence-electron chi connectivity index (χ3n) is 2.90. The van der Waals surface area contributed by atoms with Crippen LogP contribution in [-0.2, 0) is 6.54 Å². The van der Waals surface area contributed by atoms with Crippen molar-refractivity contribution in [2.24, 2.45) is 0 Å². The Hall–Kier alpha value is -2.36. The topological polar surface area (TPSA) is 53.6 Å². The van der Waals surface area contributed by atoms with E-state index >= 15 is 0 Å². The first-order valence-electron chi connectivity index (χ1n) is 5.92. The van der Waals surface area contributed by atoms with Crippen LogP contribution in [0.3, 0.4) is 0 Å². The van der Waals surface area contributed by atoms with Crippen molar-refractivity contribution in [1.82, 2.24) is 15.0 Å². The van der Waals surface area contributed by atoms with Crippen LogP contribution in [0.25, 0.3) is 11.0 Å². The number of nitrogens with zero attached hydrogens (tertiary/aromatic N) is 2. The Morgan fingerprint density at radius 2 is 1.94 bits per heavy atom. The molecule has 0 unspecified atom stereocenters. The standard InChI is InChI=1S/C14H14N4/c1-10-12-7-8-15-13(12)18-14(17-10)16-9-11-5-3-2-4-6-11/h2-8H,9H2,1H3,(H2,15,16,17,18). The number of anilines is 1. The van der Waals surface area contributed by atoms with Gasteiger partial charge in [-0.1, -0.05) is 30.3 Å². The highest BCUT2D eigenvalue weighted by molar-refractivity contribution is 5.78. The Morgan fingerprint density at radius 1 is 1.11 bits per heavy atom. The van der Waals surface area contributed by atoms with Crippen molar-refractivity contribution in [2.45, 2.75) is 13.5 Å². The molecule has 2 N–H and O–H groups in total. The first kappa shape index (κ1) is 10.8. The lowest BCUT2D eigenvalue weighted by Crippen LogP contribution is -2.04. The van der Waals surface area contributed by atoms with Crippen molar-refractivity contribution in [3.05, 3.63) is 53.9 Å². The first-order valence-corrected chi connectivity index (χ1v) is 5.92. The average Bonchev–Trinajstić information content (AvgIpc) is 2.86. The van der Waals surface area contributed by atoms with E-state index in [2.05, 4.69) is 32.4 Å². The summed E-state index contributed by atoms with van der Waals surface area (Å²) in [5.74, 6) is 0.659. The molecule has 0 atom stereocenters. The van der Waals surface area contributed by atoms with E-state index in [1.807, 2.05) is 37.4 Å². The molecule has 2 heterocycles. The molecule has 0 spiro atoms. The molecule has 18 heavy (non-hydrogen) atoms. The van der Waals surface area contributed by atoms with E-state index in [1.165, 1.54) is 5.56 Å².